The molecule has 0 aliphatic heterocycles. The number of amides is 1. The van der Waals surface area contributed by atoms with E-state index in [9.17, 15) is 15.0 Å². The van der Waals surface area contributed by atoms with Crippen LogP contribution < -0.4 is 5.32 Å². The van der Waals surface area contributed by atoms with E-state index in [1.165, 1.54) is 128 Å². The maximum Gasteiger partial charge on any atom is 0.220 e. The summed E-state index contributed by atoms with van der Waals surface area (Å²) in [6.45, 7) is 4.24. The van der Waals surface area contributed by atoms with Gasteiger partial charge in [-0.15, -0.1) is 0 Å². The van der Waals surface area contributed by atoms with Crippen molar-refractivity contribution in [2.45, 2.75) is 264 Å². The predicted molar refractivity (Wildman–Crippen MR) is 289 cm³/mol. The Labute approximate surface area is 404 Å². The van der Waals surface area contributed by atoms with E-state index in [-0.39, 0.29) is 12.5 Å². The van der Waals surface area contributed by atoms with Crippen molar-refractivity contribution in [3.63, 3.8) is 0 Å². The number of nitrogens with one attached hydrogen (secondary N) is 1. The van der Waals surface area contributed by atoms with Gasteiger partial charge >= 0.3 is 0 Å². The lowest BCUT2D eigenvalue weighted by Gasteiger charge is -2.22. The molecule has 0 saturated carbocycles. The number of hydrogen-bond donors (Lipinski definition) is 3. The minimum Gasteiger partial charge on any atom is -0.394 e. The minimum absolute atomic E-state index is 0.0528. The van der Waals surface area contributed by atoms with Crippen molar-refractivity contribution in [2.24, 2.45) is 0 Å². The third kappa shape index (κ3) is 51.9. The summed E-state index contributed by atoms with van der Waals surface area (Å²) in [4.78, 5) is 12.5. The number of allylic oxidation sites excluding steroid dienone is 18. The van der Waals surface area contributed by atoms with E-state index in [4.69, 9.17) is 0 Å². The number of carbonyl (C=O) groups excluding carboxylic acids is 1. The van der Waals surface area contributed by atoms with Gasteiger partial charge in [-0.3, -0.25) is 4.79 Å². The Bertz CT molecular complexity index is 1250. The van der Waals surface area contributed by atoms with Crippen molar-refractivity contribution in [3.05, 3.63) is 109 Å². The van der Waals surface area contributed by atoms with Gasteiger partial charge in [0, 0.05) is 6.42 Å². The quantitative estimate of drug-likeness (QED) is 0.0421. The van der Waals surface area contributed by atoms with Gasteiger partial charge in [-0.25, -0.2) is 0 Å². The molecule has 0 aromatic carbocycles. The van der Waals surface area contributed by atoms with Crippen LogP contribution in [0, 0.1) is 0 Å². The van der Waals surface area contributed by atoms with E-state index in [2.05, 4.69) is 129 Å². The van der Waals surface area contributed by atoms with E-state index in [0.717, 1.165) is 96.3 Å². The van der Waals surface area contributed by atoms with Gasteiger partial charge < -0.3 is 15.5 Å². The van der Waals surface area contributed by atoms with Crippen LogP contribution >= 0.6 is 0 Å². The lowest BCUT2D eigenvalue weighted by Crippen LogP contribution is -2.45. The zero-order valence-corrected chi connectivity index (χ0v) is 42.7. The van der Waals surface area contributed by atoms with Gasteiger partial charge in [0.2, 0.25) is 5.91 Å². The zero-order valence-electron chi connectivity index (χ0n) is 42.7. The Morgan fingerprint density at radius 3 is 1.02 bits per heavy atom. The Kier molecular flexibility index (Phi) is 52.9. The molecule has 3 N–H and O–H groups in total. The summed E-state index contributed by atoms with van der Waals surface area (Å²) >= 11 is 0. The van der Waals surface area contributed by atoms with E-state index in [0.29, 0.717) is 12.8 Å². The molecule has 2 atom stereocenters. The van der Waals surface area contributed by atoms with Gasteiger partial charge in [-0.05, 0) is 83.5 Å². The number of rotatable bonds is 49. The monoisotopic (exact) mass is 900 g/mol. The molecule has 0 radical (unpaired) electrons. The first-order valence-electron chi connectivity index (χ1n) is 27.6. The van der Waals surface area contributed by atoms with Crippen molar-refractivity contribution < 1.29 is 15.0 Å². The number of aliphatic hydroxyl groups is 2. The maximum absolute atomic E-state index is 12.5. The Morgan fingerprint density at radius 2 is 0.677 bits per heavy atom. The SMILES string of the molecule is CC/C=C\C/C=C\C/C=C\C/C=C\C/C=C\C/C=C\C/C=C\C/C=C\C/C=C\CCCCCCCC(=O)NC(CO)C(O)CCCCCCCCCCCCCCCCCCCCCC. The molecule has 0 aromatic heterocycles. The smallest absolute Gasteiger partial charge is 0.220 e. The third-order valence-corrected chi connectivity index (χ3v) is 12.0. The van der Waals surface area contributed by atoms with E-state index in [1.54, 1.807) is 0 Å². The standard InChI is InChI=1S/C61H105NO3/c1-3-5-7-9-11-13-15-17-19-21-23-25-26-27-28-29-30-31-32-33-34-35-36-37-39-41-43-45-47-49-51-53-55-57-61(65)62-59(58-63)60(64)56-54-52-50-48-46-44-42-40-38-24-22-20-18-16-14-12-10-8-6-4-2/h5,7,11,13,17,19,23,25,27-28,30-31,33-34,36-37,41,43,59-60,63-64H,3-4,6,8-10,12,14-16,18,20-22,24,26,29,32,35,38-40,42,44-58H2,1-2H3,(H,62,65)/b7-5-,13-11-,19-17-,25-23-,28-27-,31-30-,34-33-,37-36-,43-41-. The molecular weight excluding hydrogens is 795 g/mol. The van der Waals surface area contributed by atoms with Gasteiger partial charge in [0.1, 0.15) is 0 Å². The molecule has 0 aromatic rings. The number of unbranched alkanes of at least 4 members (excludes halogenated alkanes) is 24. The highest BCUT2D eigenvalue weighted by Gasteiger charge is 2.20. The van der Waals surface area contributed by atoms with Crippen molar-refractivity contribution in [2.75, 3.05) is 6.61 Å². The summed E-state index contributed by atoms with van der Waals surface area (Å²) in [6, 6.07) is -0.556. The molecular formula is C61H105NO3. The summed E-state index contributed by atoms with van der Waals surface area (Å²) in [5.74, 6) is -0.0528. The van der Waals surface area contributed by atoms with Gasteiger partial charge in [-0.1, -0.05) is 271 Å². The molecule has 2 unspecified atom stereocenters. The average molecular weight is 901 g/mol. The second-order valence-electron chi connectivity index (χ2n) is 18.3. The normalized spacial score (nSPS) is 13.7. The van der Waals surface area contributed by atoms with Crippen LogP contribution in [0.2, 0.25) is 0 Å². The van der Waals surface area contributed by atoms with Crippen LogP contribution in [-0.2, 0) is 4.79 Å². The zero-order chi connectivity index (χ0) is 47.0. The molecule has 0 bridgehead atoms. The second kappa shape index (κ2) is 55.4. The number of aliphatic hydroxyl groups excluding tert-OH is 2. The van der Waals surface area contributed by atoms with Gasteiger partial charge in [0.15, 0.2) is 0 Å². The van der Waals surface area contributed by atoms with Crippen LogP contribution in [-0.4, -0.2) is 34.9 Å². The molecule has 0 spiro atoms. The van der Waals surface area contributed by atoms with Gasteiger partial charge in [0.05, 0.1) is 18.8 Å². The summed E-state index contributed by atoms with van der Waals surface area (Å²) < 4.78 is 0. The summed E-state index contributed by atoms with van der Waals surface area (Å²) in [7, 11) is 0. The highest BCUT2D eigenvalue weighted by Crippen LogP contribution is 2.16. The van der Waals surface area contributed by atoms with E-state index < -0.39 is 12.1 Å². The molecule has 0 fully saturated rings. The molecule has 4 nitrogen and oxygen atoms in total. The average Bonchev–Trinajstić information content (AvgIpc) is 3.31. The molecule has 0 aliphatic carbocycles. The van der Waals surface area contributed by atoms with Crippen LogP contribution in [0.5, 0.6) is 0 Å². The highest BCUT2D eigenvalue weighted by molar-refractivity contribution is 5.76. The first-order chi connectivity index (χ1) is 32.2. The number of carbonyl (C=O) groups is 1. The van der Waals surface area contributed by atoms with Gasteiger partial charge in [-0.2, -0.15) is 0 Å². The first-order valence-corrected chi connectivity index (χ1v) is 27.6. The topological polar surface area (TPSA) is 69.6 Å². The molecule has 1 amide bonds. The van der Waals surface area contributed by atoms with Crippen molar-refractivity contribution >= 4 is 5.91 Å². The summed E-state index contributed by atoms with van der Waals surface area (Å²) in [6.07, 6.45) is 83.4. The fourth-order valence-electron chi connectivity index (χ4n) is 7.88. The first kappa shape index (κ1) is 62.1. The van der Waals surface area contributed by atoms with Gasteiger partial charge in [0.25, 0.3) is 0 Å². The fourth-order valence-corrected chi connectivity index (χ4v) is 7.88. The Balaban J connectivity index is 3.62. The Morgan fingerprint density at radius 1 is 0.385 bits per heavy atom. The maximum atomic E-state index is 12.5. The summed E-state index contributed by atoms with van der Waals surface area (Å²) in [5.41, 5.74) is 0. The molecule has 0 rings (SSSR count). The van der Waals surface area contributed by atoms with Crippen LogP contribution in [0.15, 0.2) is 109 Å². The predicted octanol–water partition coefficient (Wildman–Crippen LogP) is 18.3. The van der Waals surface area contributed by atoms with Crippen molar-refractivity contribution in [3.8, 4) is 0 Å². The van der Waals surface area contributed by atoms with Crippen molar-refractivity contribution in [1.29, 1.82) is 0 Å². The third-order valence-electron chi connectivity index (χ3n) is 12.0. The Hall–Kier alpha value is -2.95. The minimum atomic E-state index is -0.676. The molecule has 4 heteroatoms. The highest BCUT2D eigenvalue weighted by atomic mass is 16.3. The van der Waals surface area contributed by atoms with Crippen LogP contribution in [0.4, 0.5) is 0 Å². The lowest BCUT2D eigenvalue weighted by atomic mass is 10.0. The molecule has 372 valence electrons. The molecule has 0 heterocycles. The molecule has 0 aliphatic rings. The fraction of sp³-hybridized carbons (Fsp3) is 0.689. The number of hydrogen-bond acceptors (Lipinski definition) is 3. The van der Waals surface area contributed by atoms with Crippen LogP contribution in [0.1, 0.15) is 251 Å². The molecule has 0 saturated heterocycles. The summed E-state index contributed by atoms with van der Waals surface area (Å²) in [5, 5.41) is 23.3. The van der Waals surface area contributed by atoms with E-state index >= 15 is 0 Å². The molecule has 65 heavy (non-hydrogen) atoms. The largest absolute Gasteiger partial charge is 0.394 e. The second-order valence-corrected chi connectivity index (χ2v) is 18.3. The lowest BCUT2D eigenvalue weighted by molar-refractivity contribution is -0.123. The van der Waals surface area contributed by atoms with E-state index in [1.807, 2.05) is 0 Å². The van der Waals surface area contributed by atoms with Crippen LogP contribution in [0.3, 0.4) is 0 Å². The van der Waals surface area contributed by atoms with Crippen LogP contribution in [0.25, 0.3) is 0 Å². The van der Waals surface area contributed by atoms with Crippen molar-refractivity contribution in [1.82, 2.24) is 5.32 Å².